The van der Waals surface area contributed by atoms with Gasteiger partial charge in [0.2, 0.25) is 0 Å². The van der Waals surface area contributed by atoms with E-state index in [0.717, 1.165) is 23.8 Å². The molecule has 1 atom stereocenters. The van der Waals surface area contributed by atoms with Gasteiger partial charge in [-0.25, -0.2) is 0 Å². The molecule has 0 spiro atoms. The van der Waals surface area contributed by atoms with Crippen molar-refractivity contribution in [2.24, 2.45) is 17.6 Å². The number of hydrogen-bond acceptors (Lipinski definition) is 3. The van der Waals surface area contributed by atoms with Gasteiger partial charge in [0.1, 0.15) is 5.58 Å². The van der Waals surface area contributed by atoms with Crippen LogP contribution in [0.1, 0.15) is 49.2 Å². The fourth-order valence-corrected chi connectivity index (χ4v) is 2.76. The van der Waals surface area contributed by atoms with Gasteiger partial charge in [-0.2, -0.15) is 0 Å². The number of hydrogen-bond donors (Lipinski definition) is 1. The average molecular weight is 287 g/mol. The number of benzene rings is 1. The normalized spacial score (nSPS) is 13.0. The Morgan fingerprint density at radius 2 is 2.00 bits per heavy atom. The summed E-state index contributed by atoms with van der Waals surface area (Å²) in [5, 5.41) is 1.00. The number of nitrogens with two attached hydrogens (primary N) is 1. The van der Waals surface area contributed by atoms with Crippen LogP contribution in [-0.2, 0) is 0 Å². The summed E-state index contributed by atoms with van der Waals surface area (Å²) >= 11 is 0. The number of fused-ring (bicyclic) bond motifs is 1. The number of carbonyl (C=O) groups excluding carboxylic acids is 1. The maximum atomic E-state index is 12.3. The van der Waals surface area contributed by atoms with E-state index in [0.29, 0.717) is 30.6 Å². The second kappa shape index (κ2) is 6.90. The Morgan fingerprint density at radius 3 is 2.67 bits per heavy atom. The summed E-state index contributed by atoms with van der Waals surface area (Å²) in [5.41, 5.74) is 7.60. The van der Waals surface area contributed by atoms with Crippen LogP contribution < -0.4 is 5.73 Å². The molecule has 0 bridgehead atoms. The largest absolute Gasteiger partial charge is 0.453 e. The molecule has 3 heteroatoms. The number of Topliss-reactive ketones (excluding diaryl/α,β-unsaturated/α-hetero) is 1. The predicted molar refractivity (Wildman–Crippen MR) is 86.5 cm³/mol. The summed E-state index contributed by atoms with van der Waals surface area (Å²) in [6, 6.07) is 7.82. The summed E-state index contributed by atoms with van der Waals surface area (Å²) < 4.78 is 5.66. The van der Waals surface area contributed by atoms with Crippen molar-refractivity contribution in [1.29, 1.82) is 0 Å². The molecule has 1 heterocycles. The van der Waals surface area contributed by atoms with Gasteiger partial charge in [0.05, 0.1) is 0 Å². The van der Waals surface area contributed by atoms with Crippen molar-refractivity contribution in [2.75, 3.05) is 6.54 Å². The smallest absolute Gasteiger partial charge is 0.198 e. The van der Waals surface area contributed by atoms with Gasteiger partial charge >= 0.3 is 0 Å². The Bertz CT molecular complexity index is 613. The summed E-state index contributed by atoms with van der Waals surface area (Å²) in [4.78, 5) is 12.3. The zero-order chi connectivity index (χ0) is 15.4. The molecule has 0 saturated heterocycles. The second-order valence-electron chi connectivity index (χ2n) is 6.20. The molecule has 2 N–H and O–H groups in total. The van der Waals surface area contributed by atoms with Crippen molar-refractivity contribution >= 4 is 16.8 Å². The molecule has 1 aromatic carbocycles. The molecule has 0 aliphatic rings. The lowest BCUT2D eigenvalue weighted by molar-refractivity contribution is 0.0944. The molecule has 0 fully saturated rings. The number of aryl methyl sites for hydroxylation is 1. The highest BCUT2D eigenvalue weighted by molar-refractivity contribution is 5.97. The van der Waals surface area contributed by atoms with E-state index < -0.39 is 0 Å². The van der Waals surface area contributed by atoms with Crippen molar-refractivity contribution in [2.45, 2.75) is 40.0 Å². The van der Waals surface area contributed by atoms with Gasteiger partial charge in [-0.05, 0) is 56.3 Å². The molecule has 0 radical (unpaired) electrons. The zero-order valence-corrected chi connectivity index (χ0v) is 13.2. The highest BCUT2D eigenvalue weighted by Crippen LogP contribution is 2.25. The van der Waals surface area contributed by atoms with Crippen LogP contribution in [0.2, 0.25) is 0 Å². The zero-order valence-electron chi connectivity index (χ0n) is 13.2. The molecule has 1 aromatic heterocycles. The molecular weight excluding hydrogens is 262 g/mol. The van der Waals surface area contributed by atoms with E-state index in [2.05, 4.69) is 13.8 Å². The molecule has 21 heavy (non-hydrogen) atoms. The van der Waals surface area contributed by atoms with E-state index in [-0.39, 0.29) is 5.78 Å². The van der Waals surface area contributed by atoms with Crippen LogP contribution in [0.15, 0.2) is 28.7 Å². The van der Waals surface area contributed by atoms with Crippen LogP contribution in [0.4, 0.5) is 0 Å². The Labute approximate surface area is 126 Å². The Morgan fingerprint density at radius 1 is 1.24 bits per heavy atom. The summed E-state index contributed by atoms with van der Waals surface area (Å²) in [6.45, 7) is 7.10. The quantitative estimate of drug-likeness (QED) is 0.771. The first-order chi connectivity index (χ1) is 10.0. The van der Waals surface area contributed by atoms with Crippen LogP contribution in [0, 0.1) is 18.8 Å². The minimum Gasteiger partial charge on any atom is -0.453 e. The topological polar surface area (TPSA) is 56.2 Å². The summed E-state index contributed by atoms with van der Waals surface area (Å²) in [5.74, 6) is 1.63. The van der Waals surface area contributed by atoms with Crippen LogP contribution >= 0.6 is 0 Å². The van der Waals surface area contributed by atoms with Crippen LogP contribution in [0.5, 0.6) is 0 Å². The Kier molecular flexibility index (Phi) is 5.18. The van der Waals surface area contributed by atoms with E-state index in [4.69, 9.17) is 10.2 Å². The molecule has 2 aromatic rings. The maximum Gasteiger partial charge on any atom is 0.198 e. The fraction of sp³-hybridized carbons (Fsp3) is 0.500. The standard InChI is InChI=1S/C18H25NO2/c1-12(2)14(8-9-19)5-6-16(20)18-11-15-10-13(3)4-7-17(15)21-18/h4,7,10-12,14H,5-6,8-9,19H2,1-3H3. The third-order valence-corrected chi connectivity index (χ3v) is 4.17. The van der Waals surface area contributed by atoms with E-state index in [1.54, 1.807) is 0 Å². The second-order valence-corrected chi connectivity index (χ2v) is 6.20. The van der Waals surface area contributed by atoms with E-state index in [9.17, 15) is 4.79 Å². The van der Waals surface area contributed by atoms with E-state index in [1.165, 1.54) is 5.56 Å². The third-order valence-electron chi connectivity index (χ3n) is 4.17. The van der Waals surface area contributed by atoms with Gasteiger partial charge in [0.25, 0.3) is 0 Å². The molecule has 114 valence electrons. The highest BCUT2D eigenvalue weighted by Gasteiger charge is 2.17. The number of rotatable bonds is 7. The van der Waals surface area contributed by atoms with Crippen molar-refractivity contribution < 1.29 is 9.21 Å². The van der Waals surface area contributed by atoms with Crippen molar-refractivity contribution in [3.8, 4) is 0 Å². The Hall–Kier alpha value is -1.61. The molecule has 0 saturated carbocycles. The molecule has 0 amide bonds. The van der Waals surface area contributed by atoms with Gasteiger partial charge < -0.3 is 10.2 Å². The van der Waals surface area contributed by atoms with Gasteiger partial charge in [0, 0.05) is 11.8 Å². The Balaban J connectivity index is 2.04. The number of carbonyl (C=O) groups is 1. The molecule has 2 rings (SSSR count). The summed E-state index contributed by atoms with van der Waals surface area (Å²) in [6.07, 6.45) is 2.38. The van der Waals surface area contributed by atoms with Crippen LogP contribution in [0.25, 0.3) is 11.0 Å². The minimum absolute atomic E-state index is 0.0894. The first kappa shape index (κ1) is 15.8. The number of furan rings is 1. The third kappa shape index (κ3) is 3.94. The molecule has 1 unspecified atom stereocenters. The predicted octanol–water partition coefficient (Wildman–Crippen LogP) is 4.33. The molecule has 0 aliphatic carbocycles. The van der Waals surface area contributed by atoms with Gasteiger partial charge in [-0.15, -0.1) is 0 Å². The highest BCUT2D eigenvalue weighted by atomic mass is 16.3. The van der Waals surface area contributed by atoms with E-state index in [1.807, 2.05) is 31.2 Å². The van der Waals surface area contributed by atoms with Gasteiger partial charge in [-0.1, -0.05) is 25.5 Å². The lowest BCUT2D eigenvalue weighted by atomic mass is 9.87. The van der Waals surface area contributed by atoms with Crippen molar-refractivity contribution in [3.63, 3.8) is 0 Å². The van der Waals surface area contributed by atoms with E-state index >= 15 is 0 Å². The first-order valence-corrected chi connectivity index (χ1v) is 7.74. The SMILES string of the molecule is Cc1ccc2oc(C(=O)CCC(CCN)C(C)C)cc2c1. The van der Waals surface area contributed by atoms with Crippen molar-refractivity contribution in [3.05, 3.63) is 35.6 Å². The average Bonchev–Trinajstić information content (AvgIpc) is 2.85. The monoisotopic (exact) mass is 287 g/mol. The lowest BCUT2D eigenvalue weighted by Crippen LogP contribution is -2.15. The fourth-order valence-electron chi connectivity index (χ4n) is 2.76. The molecule has 0 aliphatic heterocycles. The van der Waals surface area contributed by atoms with Crippen molar-refractivity contribution in [1.82, 2.24) is 0 Å². The first-order valence-electron chi connectivity index (χ1n) is 7.74. The van der Waals surface area contributed by atoms with Crippen LogP contribution in [-0.4, -0.2) is 12.3 Å². The lowest BCUT2D eigenvalue weighted by Gasteiger charge is -2.19. The maximum absolute atomic E-state index is 12.3. The summed E-state index contributed by atoms with van der Waals surface area (Å²) in [7, 11) is 0. The van der Waals surface area contributed by atoms with Gasteiger partial charge in [-0.3, -0.25) is 4.79 Å². The minimum atomic E-state index is 0.0894. The molecular formula is C18H25NO2. The van der Waals surface area contributed by atoms with Gasteiger partial charge in [0.15, 0.2) is 11.5 Å². The number of ketones is 1. The molecule has 3 nitrogen and oxygen atoms in total. The van der Waals surface area contributed by atoms with Crippen LogP contribution in [0.3, 0.4) is 0 Å².